The fourth-order valence-corrected chi connectivity index (χ4v) is 1.13. The molecule has 8 heteroatoms. The Morgan fingerprint density at radius 1 is 1.31 bits per heavy atom. The maximum absolute atomic E-state index is 10.5. The van der Waals surface area contributed by atoms with Crippen LogP contribution in [0.2, 0.25) is 0 Å². The van der Waals surface area contributed by atoms with E-state index >= 15 is 0 Å². The van der Waals surface area contributed by atoms with Gasteiger partial charge in [0.2, 0.25) is 0 Å². The maximum Gasteiger partial charge on any atom is 0.342 e. The van der Waals surface area contributed by atoms with Crippen LogP contribution >= 0.6 is 7.60 Å². The topological polar surface area (TPSA) is 147 Å². The van der Waals surface area contributed by atoms with E-state index in [1.165, 1.54) is 0 Å². The van der Waals surface area contributed by atoms with Gasteiger partial charge in [0.05, 0.1) is 0 Å². The van der Waals surface area contributed by atoms with Gasteiger partial charge in [-0.3, -0.25) is 9.36 Å². The average Bonchev–Trinajstić information content (AvgIpc) is 1.97. The molecule has 0 fully saturated rings. The summed E-state index contributed by atoms with van der Waals surface area (Å²) < 4.78 is 10.5. The number of hydrogen-bond donors (Lipinski definition) is 5. The van der Waals surface area contributed by atoms with Crippen molar-refractivity contribution < 1.29 is 24.3 Å². The van der Waals surface area contributed by atoms with Gasteiger partial charge >= 0.3 is 13.6 Å². The highest BCUT2D eigenvalue weighted by atomic mass is 31.2. The van der Waals surface area contributed by atoms with E-state index in [0.29, 0.717) is 0 Å². The summed E-state index contributed by atoms with van der Waals surface area (Å²) in [4.78, 5) is 27.3. The molecule has 0 saturated heterocycles. The molecule has 0 aliphatic rings. The number of carbonyl (C=O) groups is 1. The first-order chi connectivity index (χ1) is 5.75. The van der Waals surface area contributed by atoms with Gasteiger partial charge in [-0.15, -0.1) is 0 Å². The van der Waals surface area contributed by atoms with Gasteiger partial charge in [-0.25, -0.2) is 0 Å². The molecule has 0 amide bonds. The van der Waals surface area contributed by atoms with Crippen molar-refractivity contribution >= 4 is 13.6 Å². The fourth-order valence-electron chi connectivity index (χ4n) is 0.642. The van der Waals surface area contributed by atoms with Gasteiger partial charge < -0.3 is 26.4 Å². The third-order valence-corrected chi connectivity index (χ3v) is 2.64. The highest BCUT2D eigenvalue weighted by Gasteiger charge is 2.25. The third kappa shape index (κ3) is 4.97. The van der Waals surface area contributed by atoms with Crippen LogP contribution in [0.5, 0.6) is 0 Å². The molecule has 0 aliphatic carbocycles. The first-order valence-electron chi connectivity index (χ1n) is 3.54. The van der Waals surface area contributed by atoms with Gasteiger partial charge in [-0.05, 0) is 12.8 Å². The number of hydrogen-bond acceptors (Lipinski definition) is 4. The minimum absolute atomic E-state index is 0.0540. The standard InChI is InChI=1S/C5H13N2O5P/c6-3(5(8)9)1-2-4(7)13(10,11)12/h3-4H,1-2,6-7H2,(H,8,9)(H2,10,11,12). The van der Waals surface area contributed by atoms with Gasteiger partial charge in [-0.2, -0.15) is 0 Å². The fraction of sp³-hybridized carbons (Fsp3) is 0.800. The molecule has 2 unspecified atom stereocenters. The van der Waals surface area contributed by atoms with Gasteiger partial charge in [0.25, 0.3) is 0 Å². The smallest absolute Gasteiger partial charge is 0.342 e. The van der Waals surface area contributed by atoms with Gasteiger partial charge in [-0.1, -0.05) is 0 Å². The second kappa shape index (κ2) is 4.69. The first kappa shape index (κ1) is 12.5. The zero-order chi connectivity index (χ0) is 10.6. The van der Waals surface area contributed by atoms with E-state index in [1.807, 2.05) is 0 Å². The lowest BCUT2D eigenvalue weighted by Gasteiger charge is -2.14. The second-order valence-corrected chi connectivity index (χ2v) is 4.52. The quantitative estimate of drug-likeness (QED) is 0.353. The molecule has 0 spiro atoms. The Labute approximate surface area is 74.9 Å². The molecule has 2 atom stereocenters. The minimum Gasteiger partial charge on any atom is -0.480 e. The Morgan fingerprint density at radius 3 is 2.08 bits per heavy atom. The Kier molecular flexibility index (Phi) is 4.52. The van der Waals surface area contributed by atoms with E-state index in [0.717, 1.165) is 0 Å². The van der Waals surface area contributed by atoms with Crippen LogP contribution in [0.15, 0.2) is 0 Å². The van der Waals surface area contributed by atoms with Crippen molar-refractivity contribution in [1.29, 1.82) is 0 Å². The van der Waals surface area contributed by atoms with E-state index in [4.69, 9.17) is 26.4 Å². The summed E-state index contributed by atoms with van der Waals surface area (Å²) in [6.45, 7) is 0. The molecular formula is C5H13N2O5P. The number of carboxylic acids is 1. The van der Waals surface area contributed by atoms with Crippen molar-refractivity contribution in [2.24, 2.45) is 11.5 Å². The summed E-state index contributed by atoms with van der Waals surface area (Å²) in [5.41, 5.74) is 10.2. The van der Waals surface area contributed by atoms with Gasteiger partial charge in [0.15, 0.2) is 0 Å². The van der Waals surface area contributed by atoms with Gasteiger partial charge in [0.1, 0.15) is 11.8 Å². The molecule has 13 heavy (non-hydrogen) atoms. The lowest BCUT2D eigenvalue weighted by atomic mass is 10.2. The molecule has 0 bridgehead atoms. The van der Waals surface area contributed by atoms with Crippen LogP contribution in [-0.2, 0) is 9.36 Å². The molecule has 0 aromatic rings. The number of rotatable bonds is 5. The number of aliphatic carboxylic acids is 1. The summed E-state index contributed by atoms with van der Waals surface area (Å²) in [6, 6.07) is -1.13. The first-order valence-corrected chi connectivity index (χ1v) is 5.22. The van der Waals surface area contributed by atoms with Crippen LogP contribution in [0.4, 0.5) is 0 Å². The van der Waals surface area contributed by atoms with E-state index in [9.17, 15) is 9.36 Å². The van der Waals surface area contributed by atoms with Crippen LogP contribution in [0.3, 0.4) is 0 Å². The van der Waals surface area contributed by atoms with Crippen molar-refractivity contribution in [3.8, 4) is 0 Å². The summed E-state index contributed by atoms with van der Waals surface area (Å²) in [6.07, 6.45) is -0.167. The van der Waals surface area contributed by atoms with Crippen molar-refractivity contribution in [2.45, 2.75) is 24.7 Å². The Hall–Kier alpha value is -0.460. The minimum atomic E-state index is -4.31. The third-order valence-electron chi connectivity index (χ3n) is 1.52. The molecule has 0 aliphatic heterocycles. The normalized spacial score (nSPS) is 16.6. The molecule has 0 aromatic heterocycles. The molecule has 0 heterocycles. The molecule has 0 saturated carbocycles. The summed E-state index contributed by atoms with van der Waals surface area (Å²) in [5, 5.41) is 8.34. The highest BCUT2D eigenvalue weighted by Crippen LogP contribution is 2.40. The molecule has 7 N–H and O–H groups in total. The summed E-state index contributed by atoms with van der Waals surface area (Å²) in [7, 11) is -4.31. The largest absolute Gasteiger partial charge is 0.480 e. The van der Waals surface area contributed by atoms with Crippen LogP contribution in [0.1, 0.15) is 12.8 Å². The maximum atomic E-state index is 10.5. The molecule has 78 valence electrons. The predicted octanol–water partition coefficient (Wildman–Crippen LogP) is -1.36. The molecule has 0 aromatic carbocycles. The zero-order valence-corrected chi connectivity index (χ0v) is 7.72. The van der Waals surface area contributed by atoms with Crippen LogP contribution < -0.4 is 11.5 Å². The zero-order valence-electron chi connectivity index (χ0n) is 6.83. The highest BCUT2D eigenvalue weighted by molar-refractivity contribution is 7.52. The van der Waals surface area contributed by atoms with Crippen LogP contribution in [-0.4, -0.2) is 32.7 Å². The Bertz CT molecular complexity index is 227. The molecular weight excluding hydrogens is 199 g/mol. The van der Waals surface area contributed by atoms with Crippen molar-refractivity contribution in [1.82, 2.24) is 0 Å². The van der Waals surface area contributed by atoms with E-state index in [1.54, 1.807) is 0 Å². The van der Waals surface area contributed by atoms with E-state index < -0.39 is 25.4 Å². The van der Waals surface area contributed by atoms with E-state index in [-0.39, 0.29) is 12.8 Å². The Morgan fingerprint density at radius 2 is 1.77 bits per heavy atom. The number of nitrogens with two attached hydrogens (primary N) is 2. The molecule has 7 nitrogen and oxygen atoms in total. The lowest BCUT2D eigenvalue weighted by molar-refractivity contribution is -0.138. The van der Waals surface area contributed by atoms with E-state index in [2.05, 4.69) is 0 Å². The van der Waals surface area contributed by atoms with Crippen LogP contribution in [0.25, 0.3) is 0 Å². The molecule has 0 rings (SSSR count). The summed E-state index contributed by atoms with van der Waals surface area (Å²) >= 11 is 0. The van der Waals surface area contributed by atoms with Crippen LogP contribution in [0, 0.1) is 0 Å². The predicted molar refractivity (Wildman–Crippen MR) is 44.9 cm³/mol. The second-order valence-electron chi connectivity index (χ2n) is 2.68. The monoisotopic (exact) mass is 212 g/mol. The molecule has 0 radical (unpaired) electrons. The average molecular weight is 212 g/mol. The van der Waals surface area contributed by atoms with Crippen molar-refractivity contribution in [3.05, 3.63) is 0 Å². The number of carboxylic acid groups (broad SMARTS) is 1. The lowest BCUT2D eigenvalue weighted by Crippen LogP contribution is -2.32. The Balaban J connectivity index is 3.91. The summed E-state index contributed by atoms with van der Waals surface area (Å²) in [5.74, 6) is -2.55. The van der Waals surface area contributed by atoms with Crippen molar-refractivity contribution in [2.75, 3.05) is 0 Å². The van der Waals surface area contributed by atoms with Gasteiger partial charge in [0, 0.05) is 0 Å². The SMILES string of the molecule is NC(CCC(N)P(=O)(O)O)C(=O)O. The van der Waals surface area contributed by atoms with Crippen molar-refractivity contribution in [3.63, 3.8) is 0 Å².